The Morgan fingerprint density at radius 1 is 1.33 bits per heavy atom. The quantitative estimate of drug-likeness (QED) is 0.598. The number of aromatic nitrogens is 4. The summed E-state index contributed by atoms with van der Waals surface area (Å²) in [6.07, 6.45) is 0.876. The second-order valence-electron chi connectivity index (χ2n) is 5.46. The van der Waals surface area contributed by atoms with Crippen LogP contribution in [0.1, 0.15) is 13.3 Å². The van der Waals surface area contributed by atoms with Crippen LogP contribution < -0.4 is 21.5 Å². The Hall–Kier alpha value is -2.09. The lowest BCUT2D eigenvalue weighted by Crippen LogP contribution is -3.06. The van der Waals surface area contributed by atoms with E-state index in [9.17, 15) is 9.59 Å². The molecular weight excluding hydrogens is 272 g/mol. The van der Waals surface area contributed by atoms with Gasteiger partial charge in [0.1, 0.15) is 0 Å². The summed E-state index contributed by atoms with van der Waals surface area (Å²) in [4.78, 5) is 31.8. The molecule has 116 valence electrons. The molecule has 0 atom stereocenters. The molecule has 0 saturated carbocycles. The molecule has 0 amide bonds. The van der Waals surface area contributed by atoms with Crippen LogP contribution in [-0.4, -0.2) is 46.3 Å². The zero-order valence-electron chi connectivity index (χ0n) is 13.0. The number of fused-ring (bicyclic) bond motifs is 1. The third-order valence-corrected chi connectivity index (χ3v) is 3.36. The van der Waals surface area contributed by atoms with Crippen LogP contribution in [0, 0.1) is 0 Å². The monoisotopic (exact) mass is 295 g/mol. The number of quaternary nitrogens is 1. The van der Waals surface area contributed by atoms with Crippen LogP contribution in [0.5, 0.6) is 0 Å². The lowest BCUT2D eigenvalue weighted by molar-refractivity contribution is -0.856. The van der Waals surface area contributed by atoms with E-state index in [4.69, 9.17) is 0 Å². The number of hydrogen-bond acceptors (Lipinski definition) is 4. The first-order chi connectivity index (χ1) is 9.95. The van der Waals surface area contributed by atoms with Gasteiger partial charge in [0.15, 0.2) is 11.2 Å². The minimum absolute atomic E-state index is 0.389. The third kappa shape index (κ3) is 2.99. The van der Waals surface area contributed by atoms with Gasteiger partial charge in [0.2, 0.25) is 5.95 Å². The van der Waals surface area contributed by atoms with E-state index in [1.807, 2.05) is 11.5 Å². The van der Waals surface area contributed by atoms with Gasteiger partial charge in [0.05, 0.1) is 27.2 Å². The standard InChI is InChI=1S/C13H22N6O2/c1-5-7-19-9-10(18(4)13(21)16-11(9)20)15-12(19)14-6-8-17(2)3/h5-8H2,1-4H3,(H,14,15)(H,16,20,21)/p+1. The fourth-order valence-electron chi connectivity index (χ4n) is 2.24. The van der Waals surface area contributed by atoms with Gasteiger partial charge in [-0.2, -0.15) is 4.98 Å². The maximum absolute atomic E-state index is 12.1. The molecule has 2 heterocycles. The summed E-state index contributed by atoms with van der Waals surface area (Å²) in [5.41, 5.74) is 0.0221. The Balaban J connectivity index is 2.52. The molecule has 0 aliphatic rings. The number of likely N-dealkylation sites (N-methyl/N-ethyl adjacent to an activating group) is 1. The van der Waals surface area contributed by atoms with Crippen molar-refractivity contribution in [1.82, 2.24) is 19.1 Å². The van der Waals surface area contributed by atoms with E-state index >= 15 is 0 Å². The maximum atomic E-state index is 12.1. The fourth-order valence-corrected chi connectivity index (χ4v) is 2.24. The number of anilines is 1. The first kappa shape index (κ1) is 15.3. The van der Waals surface area contributed by atoms with Gasteiger partial charge < -0.3 is 14.8 Å². The summed E-state index contributed by atoms with van der Waals surface area (Å²) in [6.45, 7) is 4.40. The molecule has 3 N–H and O–H groups in total. The van der Waals surface area contributed by atoms with E-state index in [1.54, 1.807) is 7.05 Å². The van der Waals surface area contributed by atoms with Crippen molar-refractivity contribution in [3.05, 3.63) is 20.8 Å². The Morgan fingerprint density at radius 3 is 2.67 bits per heavy atom. The van der Waals surface area contributed by atoms with Crippen LogP contribution in [0.15, 0.2) is 9.59 Å². The molecule has 2 aromatic rings. The van der Waals surface area contributed by atoms with Crippen LogP contribution >= 0.6 is 0 Å². The summed E-state index contributed by atoms with van der Waals surface area (Å²) in [5, 5.41) is 3.26. The summed E-state index contributed by atoms with van der Waals surface area (Å²) < 4.78 is 3.21. The van der Waals surface area contributed by atoms with Gasteiger partial charge in [-0.3, -0.25) is 14.3 Å². The molecule has 0 aliphatic heterocycles. The summed E-state index contributed by atoms with van der Waals surface area (Å²) in [7, 11) is 5.76. The first-order valence-electron chi connectivity index (χ1n) is 7.18. The number of hydrogen-bond donors (Lipinski definition) is 3. The van der Waals surface area contributed by atoms with Crippen molar-refractivity contribution in [2.24, 2.45) is 7.05 Å². The average molecular weight is 295 g/mol. The second kappa shape index (κ2) is 6.13. The highest BCUT2D eigenvalue weighted by molar-refractivity contribution is 5.74. The number of imidazole rings is 1. The molecule has 21 heavy (non-hydrogen) atoms. The van der Waals surface area contributed by atoms with Crippen molar-refractivity contribution in [3.63, 3.8) is 0 Å². The number of aromatic amines is 1. The van der Waals surface area contributed by atoms with Gasteiger partial charge in [-0.25, -0.2) is 4.79 Å². The van der Waals surface area contributed by atoms with E-state index in [0.29, 0.717) is 23.7 Å². The summed E-state index contributed by atoms with van der Waals surface area (Å²) in [6, 6.07) is 0. The molecule has 0 unspecified atom stereocenters. The van der Waals surface area contributed by atoms with Crippen molar-refractivity contribution in [2.45, 2.75) is 19.9 Å². The van der Waals surface area contributed by atoms with Crippen molar-refractivity contribution in [3.8, 4) is 0 Å². The Bertz CT molecular complexity index is 739. The highest BCUT2D eigenvalue weighted by atomic mass is 16.2. The summed E-state index contributed by atoms with van der Waals surface area (Å²) in [5.74, 6) is 0.639. The molecule has 0 fully saturated rings. The molecule has 2 rings (SSSR count). The zero-order chi connectivity index (χ0) is 15.6. The molecular formula is C13H23N6O2+. The fraction of sp³-hybridized carbons (Fsp3) is 0.615. The van der Waals surface area contributed by atoms with Crippen LogP contribution in [0.4, 0.5) is 5.95 Å². The average Bonchev–Trinajstić information content (AvgIpc) is 2.76. The normalized spacial score (nSPS) is 11.5. The third-order valence-electron chi connectivity index (χ3n) is 3.36. The Kier molecular flexibility index (Phi) is 4.46. The molecule has 0 aliphatic carbocycles. The predicted molar refractivity (Wildman–Crippen MR) is 82.1 cm³/mol. The Morgan fingerprint density at radius 2 is 2.05 bits per heavy atom. The van der Waals surface area contributed by atoms with Crippen LogP contribution in [0.3, 0.4) is 0 Å². The lowest BCUT2D eigenvalue weighted by atomic mass is 10.4. The van der Waals surface area contributed by atoms with E-state index in [-0.39, 0.29) is 5.56 Å². The largest absolute Gasteiger partial charge is 0.350 e. The van der Waals surface area contributed by atoms with E-state index in [2.05, 4.69) is 29.4 Å². The van der Waals surface area contributed by atoms with Crippen molar-refractivity contribution in [1.29, 1.82) is 0 Å². The van der Waals surface area contributed by atoms with Gasteiger partial charge >= 0.3 is 5.69 Å². The van der Waals surface area contributed by atoms with Crippen LogP contribution in [0.25, 0.3) is 11.2 Å². The van der Waals surface area contributed by atoms with Gasteiger partial charge in [-0.15, -0.1) is 0 Å². The van der Waals surface area contributed by atoms with E-state index in [1.165, 1.54) is 9.47 Å². The first-order valence-corrected chi connectivity index (χ1v) is 7.18. The number of aryl methyl sites for hydroxylation is 2. The number of nitrogens with one attached hydrogen (secondary N) is 3. The highest BCUT2D eigenvalue weighted by Crippen LogP contribution is 2.15. The van der Waals surface area contributed by atoms with Gasteiger partial charge in [0, 0.05) is 13.6 Å². The molecule has 8 heteroatoms. The van der Waals surface area contributed by atoms with Gasteiger partial charge in [0.25, 0.3) is 5.56 Å². The van der Waals surface area contributed by atoms with E-state index < -0.39 is 5.69 Å². The number of H-pyrrole nitrogens is 1. The van der Waals surface area contributed by atoms with Crippen molar-refractivity contribution in [2.75, 3.05) is 32.5 Å². The van der Waals surface area contributed by atoms with Gasteiger partial charge in [-0.1, -0.05) is 6.92 Å². The lowest BCUT2D eigenvalue weighted by Gasteiger charge is -2.10. The molecule has 2 aromatic heterocycles. The highest BCUT2D eigenvalue weighted by Gasteiger charge is 2.16. The molecule has 0 saturated heterocycles. The minimum atomic E-state index is -0.446. The maximum Gasteiger partial charge on any atom is 0.329 e. The van der Waals surface area contributed by atoms with Crippen LogP contribution in [-0.2, 0) is 13.6 Å². The van der Waals surface area contributed by atoms with Crippen molar-refractivity contribution >= 4 is 17.1 Å². The molecule has 0 bridgehead atoms. The molecule has 0 aromatic carbocycles. The second-order valence-corrected chi connectivity index (χ2v) is 5.46. The number of rotatable bonds is 6. The molecule has 0 spiro atoms. The Labute approximate surface area is 122 Å². The van der Waals surface area contributed by atoms with Crippen molar-refractivity contribution < 1.29 is 4.90 Å². The SMILES string of the molecule is CCCn1c(NCC[NH+](C)C)nc2c1c(=O)[nH]c(=O)n2C. The summed E-state index contributed by atoms with van der Waals surface area (Å²) >= 11 is 0. The van der Waals surface area contributed by atoms with E-state index in [0.717, 1.165) is 19.5 Å². The number of nitrogens with zero attached hydrogens (tertiary/aromatic N) is 3. The molecule has 8 nitrogen and oxygen atoms in total. The van der Waals surface area contributed by atoms with Crippen LogP contribution in [0.2, 0.25) is 0 Å². The molecule has 0 radical (unpaired) electrons. The smallest absolute Gasteiger partial charge is 0.329 e. The predicted octanol–water partition coefficient (Wildman–Crippen LogP) is -1.61. The zero-order valence-corrected chi connectivity index (χ0v) is 13.0. The minimum Gasteiger partial charge on any atom is -0.350 e. The topological polar surface area (TPSA) is 89.2 Å². The van der Waals surface area contributed by atoms with Gasteiger partial charge in [-0.05, 0) is 6.42 Å².